The van der Waals surface area contributed by atoms with Crippen LogP contribution in [0.4, 0.5) is 0 Å². The van der Waals surface area contributed by atoms with E-state index in [2.05, 4.69) is 11.8 Å². The summed E-state index contributed by atoms with van der Waals surface area (Å²) in [5, 5.41) is 18.1. The Morgan fingerprint density at radius 3 is 2.62 bits per heavy atom. The molecule has 0 amide bonds. The van der Waals surface area contributed by atoms with Gasteiger partial charge in [-0.15, -0.1) is 11.3 Å². The van der Waals surface area contributed by atoms with E-state index in [1.54, 1.807) is 6.07 Å². The lowest BCUT2D eigenvalue weighted by Crippen LogP contribution is -2.37. The van der Waals surface area contributed by atoms with Gasteiger partial charge >= 0.3 is 7.12 Å². The molecule has 1 aliphatic rings. The van der Waals surface area contributed by atoms with Gasteiger partial charge in [-0.05, 0) is 13.0 Å². The number of ether oxygens (including phenoxy) is 1. The molecule has 1 aliphatic heterocycles. The third-order valence-corrected chi connectivity index (χ3v) is 4.20. The van der Waals surface area contributed by atoms with E-state index in [0.29, 0.717) is 10.8 Å². The molecule has 0 spiro atoms. The fourth-order valence-electron chi connectivity index (χ4n) is 1.88. The summed E-state index contributed by atoms with van der Waals surface area (Å²) in [6, 6.07) is 4.07. The topological polar surface area (TPSA) is 52.9 Å². The number of rotatable bonds is 3. The lowest BCUT2D eigenvalue weighted by molar-refractivity contribution is 0.0205. The fraction of sp³-hybridized carbons (Fsp3) is 0.600. The van der Waals surface area contributed by atoms with E-state index in [1.807, 2.05) is 6.07 Å². The molecule has 0 bridgehead atoms. The van der Waals surface area contributed by atoms with Gasteiger partial charge in [-0.25, -0.2) is 0 Å². The Morgan fingerprint density at radius 2 is 2.06 bits per heavy atom. The molecular formula is C10H16BNO3S. The highest BCUT2D eigenvalue weighted by Gasteiger charge is 2.21. The van der Waals surface area contributed by atoms with Crippen molar-refractivity contribution >= 4 is 23.2 Å². The van der Waals surface area contributed by atoms with E-state index in [1.165, 1.54) is 16.2 Å². The van der Waals surface area contributed by atoms with Gasteiger partial charge in [0.25, 0.3) is 0 Å². The quantitative estimate of drug-likeness (QED) is 0.721. The summed E-state index contributed by atoms with van der Waals surface area (Å²) < 4.78 is 5.92. The molecule has 16 heavy (non-hydrogen) atoms. The van der Waals surface area contributed by atoms with Gasteiger partial charge in [-0.3, -0.25) is 4.90 Å². The van der Waals surface area contributed by atoms with E-state index < -0.39 is 7.12 Å². The molecule has 2 heterocycles. The lowest BCUT2D eigenvalue weighted by Gasteiger charge is -2.31. The Morgan fingerprint density at radius 1 is 1.38 bits per heavy atom. The molecule has 0 aliphatic carbocycles. The fourth-order valence-corrected chi connectivity index (χ4v) is 2.85. The normalized spacial score (nSPS) is 19.7. The third kappa shape index (κ3) is 2.64. The highest BCUT2D eigenvalue weighted by atomic mass is 32.1. The molecule has 1 aromatic rings. The minimum atomic E-state index is -1.35. The van der Waals surface area contributed by atoms with E-state index in [4.69, 9.17) is 14.8 Å². The van der Waals surface area contributed by atoms with E-state index >= 15 is 0 Å². The predicted octanol–water partition coefficient (Wildman–Crippen LogP) is -0.179. The second-order valence-electron chi connectivity index (χ2n) is 3.94. The Kier molecular flexibility index (Phi) is 3.99. The maximum Gasteiger partial charge on any atom is 0.499 e. The Hall–Kier alpha value is -0.395. The molecule has 0 saturated carbocycles. The van der Waals surface area contributed by atoms with Crippen LogP contribution in [0, 0.1) is 0 Å². The second kappa shape index (κ2) is 5.29. The van der Waals surface area contributed by atoms with Crippen LogP contribution in [-0.2, 0) is 4.74 Å². The van der Waals surface area contributed by atoms with Crippen molar-refractivity contribution in [3.05, 3.63) is 17.0 Å². The van der Waals surface area contributed by atoms with Gasteiger partial charge in [0.15, 0.2) is 0 Å². The van der Waals surface area contributed by atoms with Crippen LogP contribution in [0.15, 0.2) is 12.1 Å². The first kappa shape index (κ1) is 12.1. The van der Waals surface area contributed by atoms with Crippen LogP contribution in [0.5, 0.6) is 0 Å². The number of nitrogens with zero attached hydrogens (tertiary/aromatic N) is 1. The van der Waals surface area contributed by atoms with Gasteiger partial charge in [0.1, 0.15) is 0 Å². The summed E-state index contributed by atoms with van der Waals surface area (Å²) >= 11 is 1.46. The molecule has 4 nitrogen and oxygen atoms in total. The van der Waals surface area contributed by atoms with Crippen molar-refractivity contribution in [1.82, 2.24) is 4.90 Å². The molecule has 1 atom stereocenters. The molecule has 1 fully saturated rings. The zero-order valence-electron chi connectivity index (χ0n) is 9.30. The van der Waals surface area contributed by atoms with Crippen LogP contribution in [0.3, 0.4) is 0 Å². The van der Waals surface area contributed by atoms with Crippen LogP contribution >= 0.6 is 11.3 Å². The van der Waals surface area contributed by atoms with Gasteiger partial charge in [-0.1, -0.05) is 6.07 Å². The second-order valence-corrected chi connectivity index (χ2v) is 5.09. The van der Waals surface area contributed by atoms with Crippen molar-refractivity contribution in [2.45, 2.75) is 13.0 Å². The monoisotopic (exact) mass is 241 g/mol. The van der Waals surface area contributed by atoms with Crippen LogP contribution in [0.2, 0.25) is 0 Å². The van der Waals surface area contributed by atoms with E-state index in [0.717, 1.165) is 26.3 Å². The molecule has 1 unspecified atom stereocenters. The Balaban J connectivity index is 2.04. The zero-order valence-corrected chi connectivity index (χ0v) is 10.1. The lowest BCUT2D eigenvalue weighted by atomic mass is 9.90. The minimum Gasteiger partial charge on any atom is -0.423 e. The maximum atomic E-state index is 9.06. The average Bonchev–Trinajstić information content (AvgIpc) is 2.78. The highest BCUT2D eigenvalue weighted by molar-refractivity contribution is 7.22. The van der Waals surface area contributed by atoms with Crippen LogP contribution in [-0.4, -0.2) is 48.4 Å². The first-order chi connectivity index (χ1) is 7.68. The molecule has 1 saturated heterocycles. The largest absolute Gasteiger partial charge is 0.499 e. The van der Waals surface area contributed by atoms with Crippen molar-refractivity contribution in [3.8, 4) is 0 Å². The Bertz CT molecular complexity index is 339. The third-order valence-electron chi connectivity index (χ3n) is 2.91. The summed E-state index contributed by atoms with van der Waals surface area (Å²) in [7, 11) is -1.35. The van der Waals surface area contributed by atoms with Crippen molar-refractivity contribution in [1.29, 1.82) is 0 Å². The van der Waals surface area contributed by atoms with Gasteiger partial charge in [-0.2, -0.15) is 0 Å². The molecule has 0 aromatic carbocycles. The standard InChI is InChI=1S/C10H16BNO3S/c1-8(12-4-6-15-7-5-12)9-2-3-10(16-9)11(13)14/h2-3,8,13-14H,4-7H2,1H3. The van der Waals surface area contributed by atoms with Crippen molar-refractivity contribution in [2.24, 2.45) is 0 Å². The van der Waals surface area contributed by atoms with Gasteiger partial charge in [0, 0.05) is 28.8 Å². The maximum absolute atomic E-state index is 9.06. The summed E-state index contributed by atoms with van der Waals surface area (Å²) in [6.07, 6.45) is 0. The smallest absolute Gasteiger partial charge is 0.423 e. The number of hydrogen-bond acceptors (Lipinski definition) is 5. The first-order valence-corrected chi connectivity index (χ1v) is 6.27. The number of thiophene rings is 1. The first-order valence-electron chi connectivity index (χ1n) is 5.46. The minimum absolute atomic E-state index is 0.321. The summed E-state index contributed by atoms with van der Waals surface area (Å²) in [4.78, 5) is 3.52. The molecular weight excluding hydrogens is 225 g/mol. The Labute approximate surface area is 99.6 Å². The average molecular weight is 241 g/mol. The molecule has 6 heteroatoms. The predicted molar refractivity (Wildman–Crippen MR) is 65.0 cm³/mol. The summed E-state index contributed by atoms with van der Waals surface area (Å²) in [5.74, 6) is 0. The molecule has 0 radical (unpaired) electrons. The van der Waals surface area contributed by atoms with Crippen molar-refractivity contribution in [2.75, 3.05) is 26.3 Å². The van der Waals surface area contributed by atoms with E-state index in [-0.39, 0.29) is 0 Å². The summed E-state index contributed by atoms with van der Waals surface area (Å²) in [6.45, 7) is 5.59. The molecule has 2 rings (SSSR count). The van der Waals surface area contributed by atoms with Gasteiger partial charge in [0.2, 0.25) is 0 Å². The van der Waals surface area contributed by atoms with Crippen molar-refractivity contribution in [3.63, 3.8) is 0 Å². The highest BCUT2D eigenvalue weighted by Crippen LogP contribution is 2.24. The number of morpholine rings is 1. The van der Waals surface area contributed by atoms with E-state index in [9.17, 15) is 0 Å². The molecule has 88 valence electrons. The van der Waals surface area contributed by atoms with Crippen molar-refractivity contribution < 1.29 is 14.8 Å². The van der Waals surface area contributed by atoms with Crippen LogP contribution in [0.1, 0.15) is 17.8 Å². The molecule has 2 N–H and O–H groups in total. The van der Waals surface area contributed by atoms with Gasteiger partial charge < -0.3 is 14.8 Å². The van der Waals surface area contributed by atoms with Gasteiger partial charge in [0.05, 0.1) is 13.2 Å². The zero-order chi connectivity index (χ0) is 11.5. The number of hydrogen-bond donors (Lipinski definition) is 2. The van der Waals surface area contributed by atoms with Crippen LogP contribution in [0.25, 0.3) is 0 Å². The molecule has 1 aromatic heterocycles. The van der Waals surface area contributed by atoms with Crippen LogP contribution < -0.4 is 4.78 Å². The SMILES string of the molecule is CC(c1ccc(B(O)O)s1)N1CCOCC1. The summed E-state index contributed by atoms with van der Waals surface area (Å²) in [5.41, 5.74) is 0.